The van der Waals surface area contributed by atoms with Gasteiger partial charge in [0.05, 0.1) is 19.3 Å². The van der Waals surface area contributed by atoms with Gasteiger partial charge in [0.25, 0.3) is 0 Å². The zero-order chi connectivity index (χ0) is 16.8. The molecule has 0 saturated carbocycles. The Labute approximate surface area is 142 Å². The lowest BCUT2D eigenvalue weighted by atomic mass is 9.95. The van der Waals surface area contributed by atoms with Gasteiger partial charge in [-0.05, 0) is 37.0 Å². The summed E-state index contributed by atoms with van der Waals surface area (Å²) in [5.74, 6) is 0.463. The highest BCUT2D eigenvalue weighted by Crippen LogP contribution is 2.19. The summed E-state index contributed by atoms with van der Waals surface area (Å²) in [6, 6.07) is 4.04. The van der Waals surface area contributed by atoms with E-state index in [1.165, 1.54) is 5.56 Å². The number of rotatable bonds is 6. The van der Waals surface area contributed by atoms with Crippen molar-refractivity contribution in [1.29, 1.82) is 0 Å². The Bertz CT molecular complexity index is 564. The standard InChI is InChI=1S/C18H25N3O3/c22-17(6-10-21-9-2-1-3-18(21)23)20-16-13-24-12-15(16)11-14-4-7-19-8-5-14/h4-5,7-8,15-16H,1-3,6,9-13H2,(H,20,22)/t15-,16+/m1/s1. The maximum Gasteiger partial charge on any atom is 0.222 e. The highest BCUT2D eigenvalue weighted by Gasteiger charge is 2.29. The monoisotopic (exact) mass is 331 g/mol. The van der Waals surface area contributed by atoms with Crippen molar-refractivity contribution in [3.8, 4) is 0 Å². The van der Waals surface area contributed by atoms with Crippen LogP contribution in [0.2, 0.25) is 0 Å². The molecule has 1 aromatic heterocycles. The summed E-state index contributed by atoms with van der Waals surface area (Å²) in [5.41, 5.74) is 1.21. The van der Waals surface area contributed by atoms with Crippen LogP contribution in [0.1, 0.15) is 31.2 Å². The van der Waals surface area contributed by atoms with Crippen molar-refractivity contribution in [1.82, 2.24) is 15.2 Å². The molecule has 2 atom stereocenters. The lowest BCUT2D eigenvalue weighted by Crippen LogP contribution is -2.43. The van der Waals surface area contributed by atoms with Crippen molar-refractivity contribution in [2.45, 2.75) is 38.1 Å². The van der Waals surface area contributed by atoms with Gasteiger partial charge in [-0.1, -0.05) is 0 Å². The second-order valence-electron chi connectivity index (χ2n) is 6.62. The number of amides is 2. The van der Waals surface area contributed by atoms with Gasteiger partial charge in [-0.3, -0.25) is 14.6 Å². The SMILES string of the molecule is O=C(CCN1CCCCC1=O)N[C@H]1COC[C@H]1Cc1ccncc1. The number of aromatic nitrogens is 1. The highest BCUT2D eigenvalue weighted by molar-refractivity contribution is 5.79. The van der Waals surface area contributed by atoms with E-state index in [4.69, 9.17) is 4.74 Å². The number of nitrogens with zero attached hydrogens (tertiary/aromatic N) is 2. The first kappa shape index (κ1) is 16.9. The highest BCUT2D eigenvalue weighted by atomic mass is 16.5. The molecule has 3 rings (SSSR count). The molecule has 2 fully saturated rings. The van der Waals surface area contributed by atoms with Crippen LogP contribution >= 0.6 is 0 Å². The van der Waals surface area contributed by atoms with Crippen molar-refractivity contribution >= 4 is 11.8 Å². The van der Waals surface area contributed by atoms with Gasteiger partial charge in [0.2, 0.25) is 11.8 Å². The molecule has 0 radical (unpaired) electrons. The van der Waals surface area contributed by atoms with E-state index in [1.54, 1.807) is 12.4 Å². The van der Waals surface area contributed by atoms with E-state index < -0.39 is 0 Å². The molecule has 1 N–H and O–H groups in total. The zero-order valence-corrected chi connectivity index (χ0v) is 13.9. The van der Waals surface area contributed by atoms with Gasteiger partial charge < -0.3 is 15.0 Å². The molecular formula is C18H25N3O3. The van der Waals surface area contributed by atoms with Crippen LogP contribution in [0.3, 0.4) is 0 Å². The van der Waals surface area contributed by atoms with E-state index >= 15 is 0 Å². The minimum absolute atomic E-state index is 0.00334. The molecule has 3 heterocycles. The van der Waals surface area contributed by atoms with E-state index in [9.17, 15) is 9.59 Å². The Morgan fingerprint density at radius 2 is 2.12 bits per heavy atom. The van der Waals surface area contributed by atoms with Crippen LogP contribution in [0, 0.1) is 5.92 Å². The first-order chi connectivity index (χ1) is 11.7. The molecule has 0 bridgehead atoms. The van der Waals surface area contributed by atoms with E-state index in [1.807, 2.05) is 17.0 Å². The van der Waals surface area contributed by atoms with Gasteiger partial charge in [-0.2, -0.15) is 0 Å². The summed E-state index contributed by atoms with van der Waals surface area (Å²) < 4.78 is 5.56. The minimum Gasteiger partial charge on any atom is -0.379 e. The second-order valence-corrected chi connectivity index (χ2v) is 6.62. The molecule has 2 saturated heterocycles. The molecule has 2 aliphatic rings. The maximum absolute atomic E-state index is 12.2. The van der Waals surface area contributed by atoms with Crippen molar-refractivity contribution in [3.63, 3.8) is 0 Å². The molecular weight excluding hydrogens is 306 g/mol. The van der Waals surface area contributed by atoms with Gasteiger partial charge in [-0.25, -0.2) is 0 Å². The second kappa shape index (κ2) is 8.24. The molecule has 0 spiro atoms. The predicted molar refractivity (Wildman–Crippen MR) is 89.2 cm³/mol. The molecule has 24 heavy (non-hydrogen) atoms. The summed E-state index contributed by atoms with van der Waals surface area (Å²) in [4.78, 5) is 29.8. The van der Waals surface area contributed by atoms with Crippen LogP contribution in [0.25, 0.3) is 0 Å². The van der Waals surface area contributed by atoms with Crippen LogP contribution in [-0.2, 0) is 20.7 Å². The normalized spacial score (nSPS) is 24.2. The number of pyridine rings is 1. The van der Waals surface area contributed by atoms with E-state index in [0.717, 1.165) is 25.8 Å². The Balaban J connectivity index is 1.45. The molecule has 6 heteroatoms. The number of ether oxygens (including phenoxy) is 1. The average molecular weight is 331 g/mol. The fourth-order valence-electron chi connectivity index (χ4n) is 3.39. The van der Waals surface area contributed by atoms with E-state index in [2.05, 4.69) is 10.3 Å². The predicted octanol–water partition coefficient (Wildman–Crippen LogP) is 1.16. The van der Waals surface area contributed by atoms with Crippen LogP contribution in [0.4, 0.5) is 0 Å². The minimum atomic E-state index is 0.00334. The molecule has 6 nitrogen and oxygen atoms in total. The molecule has 1 aromatic rings. The Hall–Kier alpha value is -1.95. The molecule has 2 aliphatic heterocycles. The third-order valence-corrected chi connectivity index (χ3v) is 4.82. The van der Waals surface area contributed by atoms with Gasteiger partial charge in [0.1, 0.15) is 0 Å². The van der Waals surface area contributed by atoms with Crippen LogP contribution < -0.4 is 5.32 Å². The summed E-state index contributed by atoms with van der Waals surface area (Å²) in [6.07, 6.45) is 7.44. The van der Waals surface area contributed by atoms with Gasteiger partial charge in [0.15, 0.2) is 0 Å². The van der Waals surface area contributed by atoms with Gasteiger partial charge in [0, 0.05) is 44.2 Å². The number of carbonyl (C=O) groups is 2. The fourth-order valence-corrected chi connectivity index (χ4v) is 3.39. The lowest BCUT2D eigenvalue weighted by molar-refractivity contribution is -0.133. The first-order valence-electron chi connectivity index (χ1n) is 8.76. The summed E-state index contributed by atoms with van der Waals surface area (Å²) in [7, 11) is 0. The zero-order valence-electron chi connectivity index (χ0n) is 13.9. The average Bonchev–Trinajstić information content (AvgIpc) is 3.02. The number of hydrogen-bond donors (Lipinski definition) is 1. The quantitative estimate of drug-likeness (QED) is 0.849. The summed E-state index contributed by atoms with van der Waals surface area (Å²) in [6.45, 7) is 2.53. The van der Waals surface area contributed by atoms with Crippen molar-refractivity contribution in [2.75, 3.05) is 26.3 Å². The third-order valence-electron chi connectivity index (χ3n) is 4.82. The molecule has 0 aromatic carbocycles. The van der Waals surface area contributed by atoms with Crippen LogP contribution in [0.5, 0.6) is 0 Å². The third kappa shape index (κ3) is 4.54. The number of nitrogens with one attached hydrogen (secondary N) is 1. The van der Waals surface area contributed by atoms with Gasteiger partial charge in [-0.15, -0.1) is 0 Å². The first-order valence-corrected chi connectivity index (χ1v) is 8.76. The molecule has 0 aliphatic carbocycles. The van der Waals surface area contributed by atoms with Crippen molar-refractivity contribution < 1.29 is 14.3 Å². The molecule has 0 unspecified atom stereocenters. The van der Waals surface area contributed by atoms with E-state index in [-0.39, 0.29) is 23.8 Å². The summed E-state index contributed by atoms with van der Waals surface area (Å²) in [5, 5.41) is 3.09. The Kier molecular flexibility index (Phi) is 5.80. The Morgan fingerprint density at radius 1 is 1.29 bits per heavy atom. The Morgan fingerprint density at radius 3 is 2.92 bits per heavy atom. The fraction of sp³-hybridized carbons (Fsp3) is 0.611. The molecule has 130 valence electrons. The number of likely N-dealkylation sites (tertiary alicyclic amines) is 1. The lowest BCUT2D eigenvalue weighted by Gasteiger charge is -2.27. The number of hydrogen-bond acceptors (Lipinski definition) is 4. The maximum atomic E-state index is 12.2. The van der Waals surface area contributed by atoms with Crippen LogP contribution in [0.15, 0.2) is 24.5 Å². The number of piperidine rings is 1. The number of carbonyl (C=O) groups excluding carboxylic acids is 2. The van der Waals surface area contributed by atoms with Crippen molar-refractivity contribution in [2.24, 2.45) is 5.92 Å². The van der Waals surface area contributed by atoms with Gasteiger partial charge >= 0.3 is 0 Å². The summed E-state index contributed by atoms with van der Waals surface area (Å²) >= 11 is 0. The topological polar surface area (TPSA) is 71.5 Å². The molecule has 2 amide bonds. The largest absolute Gasteiger partial charge is 0.379 e. The van der Waals surface area contributed by atoms with Crippen molar-refractivity contribution in [3.05, 3.63) is 30.1 Å². The van der Waals surface area contributed by atoms with E-state index in [0.29, 0.717) is 32.6 Å². The van der Waals surface area contributed by atoms with Crippen LogP contribution in [-0.4, -0.2) is 54.0 Å². The smallest absolute Gasteiger partial charge is 0.222 e.